The third-order valence-electron chi connectivity index (χ3n) is 5.21. The molecule has 0 unspecified atom stereocenters. The summed E-state index contributed by atoms with van der Waals surface area (Å²) in [5.41, 5.74) is 0. The Balaban J connectivity index is 1.87. The van der Waals surface area contributed by atoms with E-state index in [1.807, 2.05) is 0 Å². The lowest BCUT2D eigenvalue weighted by Gasteiger charge is -2.24. The highest BCUT2D eigenvalue weighted by molar-refractivity contribution is 4.88. The summed E-state index contributed by atoms with van der Waals surface area (Å²) in [6.45, 7) is 2.66. The first-order valence-electron chi connectivity index (χ1n) is 11.1. The van der Waals surface area contributed by atoms with Crippen LogP contribution >= 0.6 is 0 Å². The van der Waals surface area contributed by atoms with E-state index >= 15 is 0 Å². The van der Waals surface area contributed by atoms with Crippen LogP contribution in [-0.4, -0.2) is 59.6 Å². The molecule has 160 valence electrons. The molecule has 1 heterocycles. The maximum atomic E-state index is 9.82. The van der Waals surface area contributed by atoms with Crippen LogP contribution in [0.3, 0.4) is 0 Å². The molecule has 0 amide bonds. The van der Waals surface area contributed by atoms with E-state index in [4.69, 9.17) is 9.47 Å². The van der Waals surface area contributed by atoms with Crippen molar-refractivity contribution in [1.29, 1.82) is 0 Å². The second-order valence-electron chi connectivity index (χ2n) is 7.68. The maximum absolute atomic E-state index is 9.82. The highest BCUT2D eigenvalue weighted by atomic mass is 16.6. The minimum atomic E-state index is -0.977. The van der Waals surface area contributed by atoms with Crippen LogP contribution in [0.1, 0.15) is 84.0 Å². The first-order chi connectivity index (χ1) is 13.2. The number of allylic oxidation sites excluding steroid dienone is 2. The van der Waals surface area contributed by atoms with E-state index in [2.05, 4.69) is 19.1 Å². The summed E-state index contributed by atoms with van der Waals surface area (Å²) in [5, 5.41) is 28.7. The highest BCUT2D eigenvalue weighted by Crippen LogP contribution is 2.20. The summed E-state index contributed by atoms with van der Waals surface area (Å²) < 4.78 is 11.0. The predicted molar refractivity (Wildman–Crippen MR) is 109 cm³/mol. The number of rotatable bonds is 17. The van der Waals surface area contributed by atoms with Crippen molar-refractivity contribution < 1.29 is 24.8 Å². The molecular weight excluding hydrogens is 344 g/mol. The molecule has 1 rings (SSSR count). The number of hydrogen-bond acceptors (Lipinski definition) is 5. The summed E-state index contributed by atoms with van der Waals surface area (Å²) >= 11 is 0. The van der Waals surface area contributed by atoms with Crippen LogP contribution in [0.2, 0.25) is 0 Å². The quantitative estimate of drug-likeness (QED) is 0.262. The Morgan fingerprint density at radius 3 is 2.07 bits per heavy atom. The molecule has 4 atom stereocenters. The van der Waals surface area contributed by atoms with Crippen molar-refractivity contribution in [2.75, 3.05) is 19.8 Å². The topological polar surface area (TPSA) is 79.2 Å². The molecule has 1 aliphatic heterocycles. The highest BCUT2D eigenvalue weighted by Gasteiger charge is 2.40. The Morgan fingerprint density at radius 1 is 0.926 bits per heavy atom. The average molecular weight is 387 g/mol. The zero-order valence-corrected chi connectivity index (χ0v) is 17.2. The molecular formula is C22H42O5. The fourth-order valence-corrected chi connectivity index (χ4v) is 3.44. The van der Waals surface area contributed by atoms with Crippen molar-refractivity contribution in [2.24, 2.45) is 0 Å². The summed E-state index contributed by atoms with van der Waals surface area (Å²) in [6.07, 6.45) is 16.5. The van der Waals surface area contributed by atoms with Crippen LogP contribution in [0.15, 0.2) is 12.2 Å². The zero-order chi connectivity index (χ0) is 19.7. The van der Waals surface area contributed by atoms with Gasteiger partial charge in [-0.15, -0.1) is 0 Å². The number of ether oxygens (including phenoxy) is 2. The maximum Gasteiger partial charge on any atom is 0.114 e. The van der Waals surface area contributed by atoms with E-state index < -0.39 is 24.4 Å². The summed E-state index contributed by atoms with van der Waals surface area (Å²) in [6, 6.07) is 0. The Labute approximate surface area is 165 Å². The molecule has 5 heteroatoms. The third kappa shape index (κ3) is 11.2. The third-order valence-corrected chi connectivity index (χ3v) is 5.21. The normalized spacial score (nSPS) is 24.1. The van der Waals surface area contributed by atoms with Crippen molar-refractivity contribution in [3.8, 4) is 0 Å². The largest absolute Gasteiger partial charge is 0.394 e. The van der Waals surface area contributed by atoms with Crippen molar-refractivity contribution in [2.45, 2.75) is 108 Å². The number of aliphatic hydroxyl groups excluding tert-OH is 3. The average Bonchev–Trinajstić information content (AvgIpc) is 3.00. The van der Waals surface area contributed by atoms with Gasteiger partial charge < -0.3 is 24.8 Å². The SMILES string of the molecule is CCC/C=C/CCCCCCCCCCCO[C@H](CO)[C@H]1OC[C@H](O)[C@H]1O. The first kappa shape index (κ1) is 24.6. The van der Waals surface area contributed by atoms with Gasteiger partial charge >= 0.3 is 0 Å². The fraction of sp³-hybridized carbons (Fsp3) is 0.909. The Bertz CT molecular complexity index is 361. The molecule has 0 spiro atoms. The lowest BCUT2D eigenvalue weighted by atomic mass is 10.1. The molecule has 0 bridgehead atoms. The van der Waals surface area contributed by atoms with E-state index in [9.17, 15) is 15.3 Å². The number of hydrogen-bond donors (Lipinski definition) is 3. The Kier molecular flexibility index (Phi) is 15.0. The van der Waals surface area contributed by atoms with Crippen LogP contribution in [0, 0.1) is 0 Å². The Hall–Kier alpha value is -0.460. The van der Waals surface area contributed by atoms with Gasteiger partial charge in [0.2, 0.25) is 0 Å². The minimum absolute atomic E-state index is 0.0985. The summed E-state index contributed by atoms with van der Waals surface area (Å²) in [4.78, 5) is 0. The van der Waals surface area contributed by atoms with Gasteiger partial charge in [0.1, 0.15) is 24.4 Å². The van der Waals surface area contributed by atoms with Crippen molar-refractivity contribution in [3.05, 3.63) is 12.2 Å². The van der Waals surface area contributed by atoms with Gasteiger partial charge in [-0.3, -0.25) is 0 Å². The Morgan fingerprint density at radius 2 is 1.52 bits per heavy atom. The van der Waals surface area contributed by atoms with Crippen LogP contribution in [0.25, 0.3) is 0 Å². The standard InChI is InChI=1S/C22H42O5/c1-2-3-4-5-6-7-8-9-10-11-12-13-14-15-16-26-20(17-23)22-21(25)19(24)18-27-22/h4-5,19-25H,2-3,6-18H2,1H3/b5-4+/t19-,20+,21+,22+/m0/s1. The van der Waals surface area contributed by atoms with Gasteiger partial charge in [-0.25, -0.2) is 0 Å². The molecule has 0 aliphatic carbocycles. The number of unbranched alkanes of at least 4 members (excludes halogenated alkanes) is 10. The molecule has 1 saturated heterocycles. The molecule has 1 aliphatic rings. The molecule has 5 nitrogen and oxygen atoms in total. The van der Waals surface area contributed by atoms with Crippen molar-refractivity contribution in [1.82, 2.24) is 0 Å². The van der Waals surface area contributed by atoms with Crippen molar-refractivity contribution >= 4 is 0 Å². The first-order valence-corrected chi connectivity index (χ1v) is 11.1. The van der Waals surface area contributed by atoms with E-state index in [1.165, 1.54) is 64.2 Å². The summed E-state index contributed by atoms with van der Waals surface area (Å²) in [5.74, 6) is 0. The summed E-state index contributed by atoms with van der Waals surface area (Å²) in [7, 11) is 0. The van der Waals surface area contributed by atoms with Crippen LogP contribution < -0.4 is 0 Å². The van der Waals surface area contributed by atoms with Gasteiger partial charge in [0.05, 0.1) is 13.2 Å². The van der Waals surface area contributed by atoms with Gasteiger partial charge in [-0.2, -0.15) is 0 Å². The van der Waals surface area contributed by atoms with Gasteiger partial charge in [0.25, 0.3) is 0 Å². The molecule has 3 N–H and O–H groups in total. The second-order valence-corrected chi connectivity index (χ2v) is 7.68. The van der Waals surface area contributed by atoms with Crippen LogP contribution in [0.4, 0.5) is 0 Å². The predicted octanol–water partition coefficient (Wildman–Crippen LogP) is 3.74. The minimum Gasteiger partial charge on any atom is -0.394 e. The second kappa shape index (κ2) is 16.5. The van der Waals surface area contributed by atoms with Gasteiger partial charge in [0.15, 0.2) is 0 Å². The van der Waals surface area contributed by atoms with Gasteiger partial charge in [-0.05, 0) is 25.7 Å². The van der Waals surface area contributed by atoms with E-state index in [-0.39, 0.29) is 13.2 Å². The molecule has 1 fully saturated rings. The van der Waals surface area contributed by atoms with Crippen LogP contribution in [0.5, 0.6) is 0 Å². The lowest BCUT2D eigenvalue weighted by molar-refractivity contribution is -0.101. The molecule has 27 heavy (non-hydrogen) atoms. The molecule has 0 aromatic rings. The number of aliphatic hydroxyl groups is 3. The monoisotopic (exact) mass is 386 g/mol. The van der Waals surface area contributed by atoms with Gasteiger partial charge in [0, 0.05) is 6.61 Å². The van der Waals surface area contributed by atoms with Crippen molar-refractivity contribution in [3.63, 3.8) is 0 Å². The molecule has 0 radical (unpaired) electrons. The fourth-order valence-electron chi connectivity index (χ4n) is 3.44. The zero-order valence-electron chi connectivity index (χ0n) is 17.2. The lowest BCUT2D eigenvalue weighted by Crippen LogP contribution is -2.42. The molecule has 0 aromatic carbocycles. The van der Waals surface area contributed by atoms with E-state index in [1.54, 1.807) is 0 Å². The molecule has 0 saturated carbocycles. The van der Waals surface area contributed by atoms with Crippen LogP contribution in [-0.2, 0) is 9.47 Å². The van der Waals surface area contributed by atoms with E-state index in [0.29, 0.717) is 6.61 Å². The van der Waals surface area contributed by atoms with Gasteiger partial charge in [-0.1, -0.05) is 70.4 Å². The van der Waals surface area contributed by atoms with E-state index in [0.717, 1.165) is 12.8 Å². The smallest absolute Gasteiger partial charge is 0.114 e. The molecule has 0 aromatic heterocycles.